The zero-order chi connectivity index (χ0) is 10.8. The number of esters is 1. The van der Waals surface area contributed by atoms with Crippen LogP contribution in [0.1, 0.15) is 23.2 Å². The molecule has 3 heteroatoms. The number of carbonyl (C=O) groups is 1. The molecular formula is C12H15NO2. The van der Waals surface area contributed by atoms with Crippen molar-refractivity contribution in [3.8, 4) is 0 Å². The van der Waals surface area contributed by atoms with Crippen LogP contribution in [-0.4, -0.2) is 17.6 Å². The minimum Gasteiger partial charge on any atom is -0.468 e. The molecule has 1 aromatic rings. The Balaban J connectivity index is 2.33. The molecule has 2 rings (SSSR count). The Labute approximate surface area is 89.3 Å². The van der Waals surface area contributed by atoms with Crippen LogP contribution >= 0.6 is 0 Å². The summed E-state index contributed by atoms with van der Waals surface area (Å²) in [5.41, 5.74) is 3.78. The molecule has 0 atom stereocenters. The lowest BCUT2D eigenvalue weighted by atomic mass is 10.0. The van der Waals surface area contributed by atoms with Crippen molar-refractivity contribution < 1.29 is 9.53 Å². The van der Waals surface area contributed by atoms with Crippen molar-refractivity contribution in [1.29, 1.82) is 0 Å². The van der Waals surface area contributed by atoms with E-state index in [4.69, 9.17) is 0 Å². The number of methoxy groups -OCH3 is 1. The molecule has 0 spiro atoms. The first-order chi connectivity index (χ1) is 7.22. The van der Waals surface area contributed by atoms with E-state index in [1.165, 1.54) is 18.2 Å². The molecule has 1 aliphatic rings. The monoisotopic (exact) mass is 205 g/mol. The number of hydrogen-bond acceptors (Lipinski definition) is 2. The minimum absolute atomic E-state index is 0.202. The number of ether oxygens (including phenoxy) is 1. The second kappa shape index (κ2) is 3.93. The SMILES string of the molecule is COC(=O)Cn1cc(C)c2c1C=CCC2. The Morgan fingerprint density at radius 1 is 1.60 bits per heavy atom. The fourth-order valence-corrected chi connectivity index (χ4v) is 2.04. The molecule has 3 nitrogen and oxygen atoms in total. The number of carbonyl (C=O) groups excluding carboxylic acids is 1. The quantitative estimate of drug-likeness (QED) is 0.691. The maximum Gasteiger partial charge on any atom is 0.325 e. The largest absolute Gasteiger partial charge is 0.468 e. The molecule has 15 heavy (non-hydrogen) atoms. The maximum absolute atomic E-state index is 11.2. The third-order valence-corrected chi connectivity index (χ3v) is 2.81. The van der Waals surface area contributed by atoms with E-state index in [0.717, 1.165) is 18.5 Å². The molecule has 0 saturated carbocycles. The second-order valence-corrected chi connectivity index (χ2v) is 3.82. The van der Waals surface area contributed by atoms with Crippen molar-refractivity contribution in [2.24, 2.45) is 0 Å². The zero-order valence-corrected chi connectivity index (χ0v) is 9.12. The Hall–Kier alpha value is -1.51. The highest BCUT2D eigenvalue weighted by molar-refractivity contribution is 5.70. The Morgan fingerprint density at radius 2 is 2.40 bits per heavy atom. The zero-order valence-electron chi connectivity index (χ0n) is 9.12. The summed E-state index contributed by atoms with van der Waals surface area (Å²) >= 11 is 0. The normalized spacial score (nSPS) is 13.7. The number of nitrogens with zero attached hydrogens (tertiary/aromatic N) is 1. The first-order valence-corrected chi connectivity index (χ1v) is 5.14. The predicted octanol–water partition coefficient (Wildman–Crippen LogP) is 1.93. The van der Waals surface area contributed by atoms with E-state index in [0.29, 0.717) is 6.54 Å². The van der Waals surface area contributed by atoms with Crippen LogP contribution in [-0.2, 0) is 22.5 Å². The highest BCUT2D eigenvalue weighted by Crippen LogP contribution is 2.24. The van der Waals surface area contributed by atoms with Crippen LogP contribution in [0, 0.1) is 6.92 Å². The molecule has 0 aliphatic heterocycles. The Morgan fingerprint density at radius 3 is 3.13 bits per heavy atom. The van der Waals surface area contributed by atoms with Gasteiger partial charge < -0.3 is 9.30 Å². The minimum atomic E-state index is -0.202. The lowest BCUT2D eigenvalue weighted by Crippen LogP contribution is -2.12. The van der Waals surface area contributed by atoms with Gasteiger partial charge in [-0.2, -0.15) is 0 Å². The molecule has 1 heterocycles. The molecular weight excluding hydrogens is 190 g/mol. The molecule has 0 radical (unpaired) electrons. The van der Waals surface area contributed by atoms with Crippen molar-refractivity contribution in [3.63, 3.8) is 0 Å². The first-order valence-electron chi connectivity index (χ1n) is 5.14. The van der Waals surface area contributed by atoms with Crippen molar-refractivity contribution in [2.75, 3.05) is 7.11 Å². The summed E-state index contributed by atoms with van der Waals surface area (Å²) in [4.78, 5) is 11.2. The summed E-state index contributed by atoms with van der Waals surface area (Å²) in [6, 6.07) is 0. The number of aromatic nitrogens is 1. The van der Waals surface area contributed by atoms with E-state index in [9.17, 15) is 4.79 Å². The van der Waals surface area contributed by atoms with Crippen molar-refractivity contribution in [1.82, 2.24) is 4.57 Å². The first kappa shape index (κ1) is 10.0. The Bertz CT molecular complexity index is 416. The summed E-state index contributed by atoms with van der Waals surface area (Å²) in [5, 5.41) is 0. The van der Waals surface area contributed by atoms with Gasteiger partial charge in [0, 0.05) is 11.9 Å². The number of allylic oxidation sites excluding steroid dienone is 1. The average molecular weight is 205 g/mol. The molecule has 1 aromatic heterocycles. The standard InChI is InChI=1S/C12H15NO2/c1-9-7-13(8-12(14)15-2)11-6-4-3-5-10(9)11/h4,6-7H,3,5,8H2,1-2H3. The number of hydrogen-bond donors (Lipinski definition) is 0. The van der Waals surface area contributed by atoms with E-state index in [-0.39, 0.29) is 5.97 Å². The van der Waals surface area contributed by atoms with E-state index >= 15 is 0 Å². The van der Waals surface area contributed by atoms with Crippen LogP contribution in [0.5, 0.6) is 0 Å². The van der Waals surface area contributed by atoms with Crippen LogP contribution in [0.4, 0.5) is 0 Å². The van der Waals surface area contributed by atoms with Gasteiger partial charge >= 0.3 is 5.97 Å². The van der Waals surface area contributed by atoms with Gasteiger partial charge in [0.15, 0.2) is 0 Å². The Kier molecular flexibility index (Phi) is 2.62. The van der Waals surface area contributed by atoms with Gasteiger partial charge in [0.2, 0.25) is 0 Å². The van der Waals surface area contributed by atoms with E-state index < -0.39 is 0 Å². The molecule has 0 fully saturated rings. The number of aryl methyl sites for hydroxylation is 1. The van der Waals surface area contributed by atoms with Crippen LogP contribution in [0.25, 0.3) is 6.08 Å². The number of rotatable bonds is 2. The predicted molar refractivity (Wildman–Crippen MR) is 58.5 cm³/mol. The summed E-state index contributed by atoms with van der Waals surface area (Å²) in [6.45, 7) is 2.39. The molecule has 1 aliphatic carbocycles. The summed E-state index contributed by atoms with van der Waals surface area (Å²) in [6.07, 6.45) is 8.43. The number of fused-ring (bicyclic) bond motifs is 1. The van der Waals surface area contributed by atoms with Gasteiger partial charge in [-0.3, -0.25) is 4.79 Å². The van der Waals surface area contributed by atoms with Crippen LogP contribution < -0.4 is 0 Å². The van der Waals surface area contributed by atoms with Gasteiger partial charge in [-0.1, -0.05) is 6.08 Å². The van der Waals surface area contributed by atoms with Crippen molar-refractivity contribution in [3.05, 3.63) is 29.1 Å². The molecule has 0 bridgehead atoms. The lowest BCUT2D eigenvalue weighted by Gasteiger charge is -2.10. The molecule has 80 valence electrons. The van der Waals surface area contributed by atoms with Crippen molar-refractivity contribution >= 4 is 12.0 Å². The van der Waals surface area contributed by atoms with Crippen molar-refractivity contribution in [2.45, 2.75) is 26.3 Å². The topological polar surface area (TPSA) is 31.2 Å². The van der Waals surface area contributed by atoms with Crippen LogP contribution in [0.15, 0.2) is 12.3 Å². The van der Waals surface area contributed by atoms with Gasteiger partial charge in [-0.15, -0.1) is 0 Å². The third kappa shape index (κ3) is 1.82. The van der Waals surface area contributed by atoms with E-state index in [1.807, 2.05) is 10.8 Å². The maximum atomic E-state index is 11.2. The van der Waals surface area contributed by atoms with Gasteiger partial charge in [-0.25, -0.2) is 0 Å². The lowest BCUT2D eigenvalue weighted by molar-refractivity contribution is -0.141. The fourth-order valence-electron chi connectivity index (χ4n) is 2.04. The molecule has 0 saturated heterocycles. The molecule has 0 amide bonds. The van der Waals surface area contributed by atoms with Gasteiger partial charge in [0.05, 0.1) is 7.11 Å². The fraction of sp³-hybridized carbons (Fsp3) is 0.417. The third-order valence-electron chi connectivity index (χ3n) is 2.81. The van der Waals surface area contributed by atoms with Gasteiger partial charge in [-0.05, 0) is 37.0 Å². The van der Waals surface area contributed by atoms with E-state index in [1.54, 1.807) is 0 Å². The smallest absolute Gasteiger partial charge is 0.325 e. The summed E-state index contributed by atoms with van der Waals surface area (Å²) < 4.78 is 6.64. The molecule has 0 aromatic carbocycles. The highest BCUT2D eigenvalue weighted by atomic mass is 16.5. The van der Waals surface area contributed by atoms with Gasteiger partial charge in [0.25, 0.3) is 0 Å². The summed E-state index contributed by atoms with van der Waals surface area (Å²) in [5.74, 6) is -0.202. The molecule has 0 N–H and O–H groups in total. The van der Waals surface area contributed by atoms with E-state index in [2.05, 4.69) is 23.8 Å². The van der Waals surface area contributed by atoms with Crippen LogP contribution in [0.3, 0.4) is 0 Å². The average Bonchev–Trinajstić information content (AvgIpc) is 2.57. The highest BCUT2D eigenvalue weighted by Gasteiger charge is 2.15. The molecule has 0 unspecified atom stereocenters. The summed E-state index contributed by atoms with van der Waals surface area (Å²) in [7, 11) is 1.42. The van der Waals surface area contributed by atoms with Crippen LogP contribution in [0.2, 0.25) is 0 Å². The van der Waals surface area contributed by atoms with Gasteiger partial charge in [0.1, 0.15) is 6.54 Å². The second-order valence-electron chi connectivity index (χ2n) is 3.82.